The standard InChI is InChI=1S/C16H21NO2/c1-16(2)9-4-3-8-14(16)15(19)17-13-7-5-6-12(10-13)11-18/h5-7,10-11,14H,3-4,8-9H2,1-2H3,(H,17,19). The van der Waals surface area contributed by atoms with Crippen molar-refractivity contribution in [3.63, 3.8) is 0 Å². The van der Waals surface area contributed by atoms with Gasteiger partial charge in [0.1, 0.15) is 6.29 Å². The Morgan fingerprint density at radius 3 is 2.84 bits per heavy atom. The maximum absolute atomic E-state index is 12.4. The van der Waals surface area contributed by atoms with E-state index in [1.807, 2.05) is 6.07 Å². The molecule has 19 heavy (non-hydrogen) atoms. The summed E-state index contributed by atoms with van der Waals surface area (Å²) in [6.45, 7) is 4.33. The van der Waals surface area contributed by atoms with Crippen molar-refractivity contribution in [2.24, 2.45) is 11.3 Å². The van der Waals surface area contributed by atoms with Gasteiger partial charge in [-0.2, -0.15) is 0 Å². The summed E-state index contributed by atoms with van der Waals surface area (Å²) < 4.78 is 0. The molecule has 2 rings (SSSR count). The summed E-state index contributed by atoms with van der Waals surface area (Å²) >= 11 is 0. The maximum Gasteiger partial charge on any atom is 0.228 e. The minimum Gasteiger partial charge on any atom is -0.326 e. The van der Waals surface area contributed by atoms with Crippen molar-refractivity contribution < 1.29 is 9.59 Å². The highest BCUT2D eigenvalue weighted by atomic mass is 16.2. The van der Waals surface area contributed by atoms with E-state index < -0.39 is 0 Å². The van der Waals surface area contributed by atoms with Crippen LogP contribution in [0.3, 0.4) is 0 Å². The number of carbonyl (C=O) groups is 2. The molecule has 1 aliphatic carbocycles. The monoisotopic (exact) mass is 259 g/mol. The lowest BCUT2D eigenvalue weighted by atomic mass is 9.68. The smallest absolute Gasteiger partial charge is 0.228 e. The van der Waals surface area contributed by atoms with Crippen LogP contribution in [-0.4, -0.2) is 12.2 Å². The van der Waals surface area contributed by atoms with E-state index >= 15 is 0 Å². The molecule has 0 aliphatic heterocycles. The molecule has 1 aromatic rings. The van der Waals surface area contributed by atoms with Crippen molar-refractivity contribution in [3.05, 3.63) is 29.8 Å². The Balaban J connectivity index is 2.09. The molecule has 1 amide bonds. The number of aldehydes is 1. The Morgan fingerprint density at radius 1 is 1.37 bits per heavy atom. The number of rotatable bonds is 3. The van der Waals surface area contributed by atoms with Gasteiger partial charge in [0.25, 0.3) is 0 Å². The molecule has 0 aromatic heterocycles. The minimum absolute atomic E-state index is 0.0566. The highest BCUT2D eigenvalue weighted by molar-refractivity contribution is 5.94. The van der Waals surface area contributed by atoms with Gasteiger partial charge in [-0.3, -0.25) is 9.59 Å². The molecule has 1 fully saturated rings. The Morgan fingerprint density at radius 2 is 2.16 bits per heavy atom. The summed E-state index contributed by atoms with van der Waals surface area (Å²) in [6, 6.07) is 7.04. The van der Waals surface area contributed by atoms with Crippen LogP contribution in [0.25, 0.3) is 0 Å². The van der Waals surface area contributed by atoms with Crippen LogP contribution >= 0.6 is 0 Å². The molecule has 0 radical (unpaired) electrons. The van der Waals surface area contributed by atoms with E-state index in [4.69, 9.17) is 0 Å². The molecule has 0 saturated heterocycles. The highest BCUT2D eigenvalue weighted by Crippen LogP contribution is 2.41. The predicted octanol–water partition coefficient (Wildman–Crippen LogP) is 3.65. The third-order valence-electron chi connectivity index (χ3n) is 4.11. The van der Waals surface area contributed by atoms with E-state index in [0.29, 0.717) is 11.3 Å². The zero-order valence-corrected chi connectivity index (χ0v) is 11.6. The molecule has 1 aliphatic rings. The van der Waals surface area contributed by atoms with E-state index in [2.05, 4.69) is 19.2 Å². The summed E-state index contributed by atoms with van der Waals surface area (Å²) in [5.74, 6) is 0.133. The quantitative estimate of drug-likeness (QED) is 0.842. The molecule has 1 saturated carbocycles. The van der Waals surface area contributed by atoms with Gasteiger partial charge in [-0.1, -0.05) is 38.8 Å². The van der Waals surface area contributed by atoms with Crippen LogP contribution in [0.4, 0.5) is 5.69 Å². The zero-order valence-electron chi connectivity index (χ0n) is 11.6. The maximum atomic E-state index is 12.4. The van der Waals surface area contributed by atoms with E-state index in [-0.39, 0.29) is 17.2 Å². The average Bonchev–Trinajstić information content (AvgIpc) is 2.38. The third kappa shape index (κ3) is 3.22. The molecular weight excluding hydrogens is 238 g/mol. The fraction of sp³-hybridized carbons (Fsp3) is 0.500. The largest absolute Gasteiger partial charge is 0.326 e. The number of hydrogen-bond acceptors (Lipinski definition) is 2. The average molecular weight is 259 g/mol. The van der Waals surface area contributed by atoms with E-state index in [0.717, 1.165) is 25.5 Å². The molecule has 1 atom stereocenters. The lowest BCUT2D eigenvalue weighted by Crippen LogP contribution is -2.37. The first-order valence-corrected chi connectivity index (χ1v) is 6.89. The molecular formula is C16H21NO2. The molecule has 1 N–H and O–H groups in total. The Bertz CT molecular complexity index is 479. The van der Waals surface area contributed by atoms with Crippen LogP contribution in [0.2, 0.25) is 0 Å². The predicted molar refractivity (Wildman–Crippen MR) is 76.2 cm³/mol. The van der Waals surface area contributed by atoms with Gasteiger partial charge in [-0.15, -0.1) is 0 Å². The van der Waals surface area contributed by atoms with Crippen molar-refractivity contribution in [2.75, 3.05) is 5.32 Å². The molecule has 1 unspecified atom stereocenters. The van der Waals surface area contributed by atoms with Gasteiger partial charge in [0, 0.05) is 17.2 Å². The van der Waals surface area contributed by atoms with Gasteiger partial charge in [0.15, 0.2) is 0 Å². The van der Waals surface area contributed by atoms with Gasteiger partial charge >= 0.3 is 0 Å². The number of benzene rings is 1. The lowest BCUT2D eigenvalue weighted by Gasteiger charge is -2.37. The molecule has 0 spiro atoms. The summed E-state index contributed by atoms with van der Waals surface area (Å²) in [6.07, 6.45) is 5.17. The van der Waals surface area contributed by atoms with Crippen LogP contribution in [0, 0.1) is 11.3 Å². The van der Waals surface area contributed by atoms with Gasteiger partial charge < -0.3 is 5.32 Å². The number of hydrogen-bond donors (Lipinski definition) is 1. The minimum atomic E-state index is 0.0566. The van der Waals surface area contributed by atoms with Gasteiger partial charge in [-0.05, 0) is 30.4 Å². The van der Waals surface area contributed by atoms with Crippen molar-refractivity contribution in [1.29, 1.82) is 0 Å². The first-order valence-electron chi connectivity index (χ1n) is 6.89. The van der Waals surface area contributed by atoms with Crippen molar-refractivity contribution >= 4 is 17.9 Å². The van der Waals surface area contributed by atoms with Crippen LogP contribution in [0.5, 0.6) is 0 Å². The molecule has 102 valence electrons. The summed E-state index contributed by atoms with van der Waals surface area (Å²) in [5, 5.41) is 2.94. The lowest BCUT2D eigenvalue weighted by molar-refractivity contribution is -0.124. The number of anilines is 1. The van der Waals surface area contributed by atoms with E-state index in [9.17, 15) is 9.59 Å². The third-order valence-corrected chi connectivity index (χ3v) is 4.11. The second kappa shape index (κ2) is 5.55. The summed E-state index contributed by atoms with van der Waals surface area (Å²) in [5.41, 5.74) is 1.35. The van der Waals surface area contributed by atoms with Crippen molar-refractivity contribution in [2.45, 2.75) is 39.5 Å². The molecule has 3 nitrogen and oxygen atoms in total. The van der Waals surface area contributed by atoms with Gasteiger partial charge in [0.05, 0.1) is 0 Å². The second-order valence-corrected chi connectivity index (χ2v) is 6.02. The summed E-state index contributed by atoms with van der Waals surface area (Å²) in [7, 11) is 0. The number of amides is 1. The zero-order chi connectivity index (χ0) is 13.9. The Hall–Kier alpha value is -1.64. The van der Waals surface area contributed by atoms with E-state index in [1.54, 1.807) is 18.2 Å². The topological polar surface area (TPSA) is 46.2 Å². The highest BCUT2D eigenvalue weighted by Gasteiger charge is 2.37. The fourth-order valence-electron chi connectivity index (χ4n) is 2.90. The SMILES string of the molecule is CC1(C)CCCCC1C(=O)Nc1cccc(C=O)c1. The number of carbonyl (C=O) groups excluding carboxylic acids is 2. The van der Waals surface area contributed by atoms with E-state index in [1.165, 1.54) is 6.42 Å². The second-order valence-electron chi connectivity index (χ2n) is 6.02. The van der Waals surface area contributed by atoms with Gasteiger partial charge in [-0.25, -0.2) is 0 Å². The van der Waals surface area contributed by atoms with Crippen LogP contribution in [0.15, 0.2) is 24.3 Å². The normalized spacial score (nSPS) is 21.7. The molecule has 0 bridgehead atoms. The fourth-order valence-corrected chi connectivity index (χ4v) is 2.90. The van der Waals surface area contributed by atoms with Crippen LogP contribution < -0.4 is 5.32 Å². The first-order chi connectivity index (χ1) is 9.03. The Labute approximate surface area is 114 Å². The molecule has 1 aromatic carbocycles. The van der Waals surface area contributed by atoms with Gasteiger partial charge in [0.2, 0.25) is 5.91 Å². The number of nitrogens with one attached hydrogen (secondary N) is 1. The van der Waals surface area contributed by atoms with Crippen molar-refractivity contribution in [3.8, 4) is 0 Å². The Kier molecular flexibility index (Phi) is 4.03. The molecule has 3 heteroatoms. The van der Waals surface area contributed by atoms with Crippen molar-refractivity contribution in [1.82, 2.24) is 0 Å². The van der Waals surface area contributed by atoms with Crippen LogP contribution in [-0.2, 0) is 4.79 Å². The van der Waals surface area contributed by atoms with Crippen LogP contribution in [0.1, 0.15) is 49.9 Å². The summed E-state index contributed by atoms with van der Waals surface area (Å²) in [4.78, 5) is 23.1. The molecule has 0 heterocycles. The first kappa shape index (κ1) is 13.8.